The predicted octanol–water partition coefficient (Wildman–Crippen LogP) is 2.34. The highest BCUT2D eigenvalue weighted by Gasteiger charge is 2.39. The summed E-state index contributed by atoms with van der Waals surface area (Å²) in [5, 5.41) is 4.03. The molecular weight excluding hydrogens is 254 g/mol. The van der Waals surface area contributed by atoms with Crippen molar-refractivity contribution < 1.29 is 9.26 Å². The monoisotopic (exact) mass is 269 g/mol. The van der Waals surface area contributed by atoms with Crippen molar-refractivity contribution in [1.29, 1.82) is 0 Å². The minimum Gasteiger partial charge on any atom is -0.488 e. The number of hydrogen-bond donors (Lipinski definition) is 1. The van der Waals surface area contributed by atoms with Crippen LogP contribution in [0.3, 0.4) is 0 Å². The molecule has 1 fully saturated rings. The Morgan fingerprint density at radius 2 is 2.05 bits per heavy atom. The molecule has 4 rings (SSSR count). The molecule has 1 saturated carbocycles. The van der Waals surface area contributed by atoms with E-state index in [-0.39, 0.29) is 0 Å². The van der Waals surface area contributed by atoms with Crippen LogP contribution in [0.15, 0.2) is 28.8 Å². The third-order valence-electron chi connectivity index (χ3n) is 4.02. The molecule has 0 saturated heterocycles. The number of nitrogens with zero attached hydrogens (tertiary/aromatic N) is 2. The predicted molar refractivity (Wildman–Crippen MR) is 73.8 cm³/mol. The quantitative estimate of drug-likeness (QED) is 0.905. The first kappa shape index (κ1) is 11.7. The number of rotatable bonds is 2. The topological polar surface area (TPSA) is 74.2 Å². The van der Waals surface area contributed by atoms with E-state index in [1.54, 1.807) is 0 Å². The van der Waals surface area contributed by atoms with Gasteiger partial charge in [0.1, 0.15) is 12.4 Å². The van der Waals surface area contributed by atoms with Gasteiger partial charge in [0.2, 0.25) is 0 Å². The number of benzene rings is 1. The summed E-state index contributed by atoms with van der Waals surface area (Å²) in [6, 6.07) is 7.88. The summed E-state index contributed by atoms with van der Waals surface area (Å²) < 4.78 is 11.1. The van der Waals surface area contributed by atoms with Gasteiger partial charge >= 0.3 is 0 Å². The third-order valence-corrected chi connectivity index (χ3v) is 4.02. The fourth-order valence-corrected chi connectivity index (χ4v) is 2.58. The van der Waals surface area contributed by atoms with E-state index in [4.69, 9.17) is 15.0 Å². The zero-order chi connectivity index (χ0) is 13.6. The molecule has 0 bridgehead atoms. The molecule has 20 heavy (non-hydrogen) atoms. The number of aromatic nitrogens is 2. The summed E-state index contributed by atoms with van der Waals surface area (Å²) in [7, 11) is 0. The Bertz CT molecular complexity index is 686. The van der Waals surface area contributed by atoms with Gasteiger partial charge in [0.15, 0.2) is 5.82 Å². The van der Waals surface area contributed by atoms with E-state index < -0.39 is 5.54 Å². The second-order valence-electron chi connectivity index (χ2n) is 5.43. The Labute approximate surface area is 116 Å². The normalized spacial score (nSPS) is 19.6. The second-order valence-corrected chi connectivity index (χ2v) is 5.43. The first-order valence-electron chi connectivity index (χ1n) is 6.80. The van der Waals surface area contributed by atoms with Crippen LogP contribution in [0.5, 0.6) is 5.75 Å². The molecular formula is C15H15N3O2. The number of hydrogen-bond acceptors (Lipinski definition) is 5. The average Bonchev–Trinajstić information content (AvgIpc) is 2.94. The molecule has 2 aromatic rings. The highest BCUT2D eigenvalue weighted by Crippen LogP contribution is 2.38. The van der Waals surface area contributed by atoms with Gasteiger partial charge in [-0.1, -0.05) is 23.4 Å². The van der Waals surface area contributed by atoms with Crippen molar-refractivity contribution in [3.8, 4) is 5.75 Å². The fraction of sp³-hybridized carbons (Fsp3) is 0.333. The standard InChI is InChI=1S/C15H15N3O2/c16-15(6-3-7-15)14-17-13(20-18-14)11-8-10-4-1-2-5-12(10)19-9-11/h1-2,4-5,8H,3,6-7,9,16H2. The van der Waals surface area contributed by atoms with E-state index in [1.165, 1.54) is 0 Å². The van der Waals surface area contributed by atoms with Crippen LogP contribution in [0, 0.1) is 0 Å². The zero-order valence-corrected chi connectivity index (χ0v) is 11.0. The molecule has 5 heteroatoms. The first-order chi connectivity index (χ1) is 9.74. The molecule has 2 aliphatic rings. The molecule has 0 unspecified atom stereocenters. The molecule has 0 radical (unpaired) electrons. The fourth-order valence-electron chi connectivity index (χ4n) is 2.58. The Hall–Kier alpha value is -2.14. The lowest BCUT2D eigenvalue weighted by molar-refractivity contribution is 0.229. The van der Waals surface area contributed by atoms with Crippen LogP contribution in [-0.2, 0) is 5.54 Å². The van der Waals surface area contributed by atoms with Crippen LogP contribution in [0.1, 0.15) is 36.5 Å². The Balaban J connectivity index is 1.67. The van der Waals surface area contributed by atoms with Gasteiger partial charge in [-0.3, -0.25) is 0 Å². The Kier molecular flexibility index (Phi) is 2.44. The maximum atomic E-state index is 6.21. The average molecular weight is 269 g/mol. The minimum absolute atomic E-state index is 0.393. The molecule has 1 aliphatic heterocycles. The largest absolute Gasteiger partial charge is 0.488 e. The highest BCUT2D eigenvalue weighted by atomic mass is 16.5. The van der Waals surface area contributed by atoms with Crippen molar-refractivity contribution in [2.75, 3.05) is 6.61 Å². The molecule has 1 aromatic heterocycles. The molecule has 2 heterocycles. The minimum atomic E-state index is -0.393. The Morgan fingerprint density at radius 1 is 1.20 bits per heavy atom. The van der Waals surface area contributed by atoms with Crippen molar-refractivity contribution in [1.82, 2.24) is 10.1 Å². The lowest BCUT2D eigenvalue weighted by Gasteiger charge is -2.34. The maximum absolute atomic E-state index is 6.21. The van der Waals surface area contributed by atoms with Crippen molar-refractivity contribution in [3.05, 3.63) is 41.5 Å². The van der Waals surface area contributed by atoms with Gasteiger partial charge in [-0.25, -0.2) is 0 Å². The van der Waals surface area contributed by atoms with E-state index in [0.717, 1.165) is 36.1 Å². The molecule has 5 nitrogen and oxygen atoms in total. The second kappa shape index (κ2) is 4.18. The lowest BCUT2D eigenvalue weighted by Crippen LogP contribution is -2.44. The van der Waals surface area contributed by atoms with Crippen LogP contribution in [-0.4, -0.2) is 16.7 Å². The van der Waals surface area contributed by atoms with Crippen LogP contribution in [0.2, 0.25) is 0 Å². The first-order valence-corrected chi connectivity index (χ1v) is 6.80. The summed E-state index contributed by atoms with van der Waals surface area (Å²) >= 11 is 0. The van der Waals surface area contributed by atoms with Crippen LogP contribution in [0.4, 0.5) is 0 Å². The van der Waals surface area contributed by atoms with Gasteiger partial charge in [-0.05, 0) is 31.4 Å². The van der Waals surface area contributed by atoms with E-state index >= 15 is 0 Å². The number of ether oxygens (including phenoxy) is 1. The molecule has 0 amide bonds. The third kappa shape index (κ3) is 1.74. The van der Waals surface area contributed by atoms with Crippen molar-refractivity contribution in [2.45, 2.75) is 24.8 Å². The van der Waals surface area contributed by atoms with E-state index in [9.17, 15) is 0 Å². The summed E-state index contributed by atoms with van der Waals surface area (Å²) in [6.45, 7) is 0.441. The smallest absolute Gasteiger partial charge is 0.257 e. The molecule has 0 atom stereocenters. The van der Waals surface area contributed by atoms with E-state index in [1.807, 2.05) is 30.3 Å². The number of para-hydroxylation sites is 1. The SMILES string of the molecule is NC1(c2noc(C3=Cc4ccccc4OC3)n2)CCC1. The summed E-state index contributed by atoms with van der Waals surface area (Å²) in [4.78, 5) is 4.45. The van der Waals surface area contributed by atoms with Gasteiger partial charge in [-0.15, -0.1) is 0 Å². The molecule has 1 aromatic carbocycles. The summed E-state index contributed by atoms with van der Waals surface area (Å²) in [5.74, 6) is 2.00. The van der Waals surface area contributed by atoms with Crippen molar-refractivity contribution >= 4 is 11.6 Å². The number of nitrogens with two attached hydrogens (primary N) is 1. The summed E-state index contributed by atoms with van der Waals surface area (Å²) in [5.41, 5.74) is 7.74. The maximum Gasteiger partial charge on any atom is 0.257 e. The Morgan fingerprint density at radius 3 is 2.85 bits per heavy atom. The molecule has 2 N–H and O–H groups in total. The van der Waals surface area contributed by atoms with Gasteiger partial charge in [0.05, 0.1) is 11.1 Å². The highest BCUT2D eigenvalue weighted by molar-refractivity contribution is 5.82. The van der Waals surface area contributed by atoms with Crippen LogP contribution >= 0.6 is 0 Å². The van der Waals surface area contributed by atoms with Gasteiger partial charge in [-0.2, -0.15) is 4.98 Å². The van der Waals surface area contributed by atoms with Crippen LogP contribution in [0.25, 0.3) is 11.6 Å². The van der Waals surface area contributed by atoms with Crippen molar-refractivity contribution in [2.24, 2.45) is 5.73 Å². The zero-order valence-electron chi connectivity index (χ0n) is 11.0. The van der Waals surface area contributed by atoms with Gasteiger partial charge in [0.25, 0.3) is 5.89 Å². The molecule has 102 valence electrons. The van der Waals surface area contributed by atoms with Crippen LogP contribution < -0.4 is 10.5 Å². The lowest BCUT2D eigenvalue weighted by atomic mass is 9.77. The van der Waals surface area contributed by atoms with E-state index in [2.05, 4.69) is 10.1 Å². The summed E-state index contributed by atoms with van der Waals surface area (Å²) in [6.07, 6.45) is 4.99. The van der Waals surface area contributed by atoms with Gasteiger partial charge in [0, 0.05) is 5.56 Å². The molecule has 0 spiro atoms. The van der Waals surface area contributed by atoms with Gasteiger partial charge < -0.3 is 15.0 Å². The number of fused-ring (bicyclic) bond motifs is 1. The van der Waals surface area contributed by atoms with Crippen molar-refractivity contribution in [3.63, 3.8) is 0 Å². The van der Waals surface area contributed by atoms with E-state index in [0.29, 0.717) is 18.3 Å². The molecule has 1 aliphatic carbocycles.